The van der Waals surface area contributed by atoms with Crippen LogP contribution in [0.15, 0.2) is 4.52 Å². The van der Waals surface area contributed by atoms with Gasteiger partial charge in [-0.15, -0.1) is 24.8 Å². The number of piperidine rings is 1. The molecule has 2 atom stereocenters. The molecule has 1 aliphatic carbocycles. The third-order valence-corrected chi connectivity index (χ3v) is 7.03. The van der Waals surface area contributed by atoms with Crippen molar-refractivity contribution in [3.05, 3.63) is 11.7 Å². The third-order valence-electron chi connectivity index (χ3n) is 7.03. The lowest BCUT2D eigenvalue weighted by atomic mass is 9.88. The van der Waals surface area contributed by atoms with Crippen LogP contribution < -0.4 is 10.6 Å². The minimum Gasteiger partial charge on any atom is -0.343 e. The molecule has 3 fully saturated rings. The summed E-state index contributed by atoms with van der Waals surface area (Å²) < 4.78 is 5.54. The van der Waals surface area contributed by atoms with Crippen LogP contribution in [0.3, 0.4) is 0 Å². The van der Waals surface area contributed by atoms with Gasteiger partial charge < -0.3 is 15.2 Å². The van der Waals surface area contributed by atoms with E-state index >= 15 is 0 Å². The molecular weight excluding hydrogens is 425 g/mol. The van der Waals surface area contributed by atoms with E-state index in [2.05, 4.69) is 39.5 Å². The molecule has 7 nitrogen and oxygen atoms in total. The average Bonchev–Trinajstić information content (AvgIpc) is 3.41. The van der Waals surface area contributed by atoms with Crippen LogP contribution in [0.4, 0.5) is 0 Å². The second-order valence-corrected chi connectivity index (χ2v) is 8.99. The quantitative estimate of drug-likeness (QED) is 0.615. The number of amides is 1. The first-order chi connectivity index (χ1) is 13.6. The number of carbonyl (C=O) groups excluding carboxylic acids is 1. The van der Waals surface area contributed by atoms with Gasteiger partial charge in [-0.2, -0.15) is 4.98 Å². The third kappa shape index (κ3) is 5.67. The van der Waals surface area contributed by atoms with Crippen LogP contribution in [0.2, 0.25) is 0 Å². The molecule has 2 saturated heterocycles. The van der Waals surface area contributed by atoms with E-state index in [0.717, 1.165) is 51.6 Å². The topological polar surface area (TPSA) is 83.3 Å². The Morgan fingerprint density at radius 1 is 1.17 bits per heavy atom. The zero-order valence-electron chi connectivity index (χ0n) is 18.2. The van der Waals surface area contributed by atoms with Crippen LogP contribution in [-0.2, 0) is 16.9 Å². The highest BCUT2D eigenvalue weighted by molar-refractivity contribution is 5.85. The predicted molar refractivity (Wildman–Crippen MR) is 121 cm³/mol. The van der Waals surface area contributed by atoms with Crippen molar-refractivity contribution in [1.29, 1.82) is 0 Å². The summed E-state index contributed by atoms with van der Waals surface area (Å²) in [6.07, 6.45) is 9.42. The van der Waals surface area contributed by atoms with E-state index < -0.39 is 5.54 Å². The lowest BCUT2D eigenvalue weighted by Gasteiger charge is -2.31. The van der Waals surface area contributed by atoms with Gasteiger partial charge in [-0.05, 0) is 57.5 Å². The molecule has 2 unspecified atom stereocenters. The molecule has 0 spiro atoms. The first kappa shape index (κ1) is 25.4. The van der Waals surface area contributed by atoms with Gasteiger partial charge in [0.25, 0.3) is 0 Å². The van der Waals surface area contributed by atoms with E-state index in [1.54, 1.807) is 0 Å². The standard InChI is InChI=1S/C21H35N5O2.2ClH/c1-3-26(4-2)14-19-23-20(25-28-19)21(9-5-6-10-21)24-18(27)13-15-11-16-7-8-17(12-15)22-16;;/h15-17,22H,3-14H2,1-2H3,(H,24,27);2*1H. The summed E-state index contributed by atoms with van der Waals surface area (Å²) in [6, 6.07) is 1.24. The maximum absolute atomic E-state index is 12.9. The van der Waals surface area contributed by atoms with Crippen LogP contribution >= 0.6 is 24.8 Å². The fourth-order valence-electron chi connectivity index (χ4n) is 5.46. The first-order valence-corrected chi connectivity index (χ1v) is 11.2. The van der Waals surface area contributed by atoms with Crippen molar-refractivity contribution in [3.63, 3.8) is 0 Å². The van der Waals surface area contributed by atoms with Crippen molar-refractivity contribution in [3.8, 4) is 0 Å². The predicted octanol–water partition coefficient (Wildman–Crippen LogP) is 3.56. The number of halogens is 2. The number of aromatic nitrogens is 2. The molecule has 2 N–H and O–H groups in total. The van der Waals surface area contributed by atoms with Crippen LogP contribution in [0.25, 0.3) is 0 Å². The van der Waals surface area contributed by atoms with Crippen molar-refractivity contribution in [2.45, 2.75) is 95.8 Å². The molecule has 3 aliphatic rings. The molecule has 2 aliphatic heterocycles. The highest BCUT2D eigenvalue weighted by atomic mass is 35.5. The Morgan fingerprint density at radius 2 is 1.80 bits per heavy atom. The van der Waals surface area contributed by atoms with Gasteiger partial charge in [0, 0.05) is 18.5 Å². The maximum Gasteiger partial charge on any atom is 0.240 e. The summed E-state index contributed by atoms with van der Waals surface area (Å²) in [7, 11) is 0. The molecule has 2 bridgehead atoms. The summed E-state index contributed by atoms with van der Waals surface area (Å²) in [5.41, 5.74) is -0.437. The molecule has 1 amide bonds. The SMILES string of the molecule is CCN(CC)Cc1nc(C2(NC(=O)CC3CC4CCC(C3)N4)CCCC2)no1.Cl.Cl. The minimum atomic E-state index is -0.437. The fraction of sp³-hybridized carbons (Fsp3) is 0.857. The Balaban J connectivity index is 0.00000160. The highest BCUT2D eigenvalue weighted by Crippen LogP contribution is 2.38. The molecular formula is C21H37Cl2N5O2. The second-order valence-electron chi connectivity index (χ2n) is 8.99. The van der Waals surface area contributed by atoms with Crippen LogP contribution in [0.5, 0.6) is 0 Å². The summed E-state index contributed by atoms with van der Waals surface area (Å²) >= 11 is 0. The Bertz CT molecular complexity index is 664. The van der Waals surface area contributed by atoms with Gasteiger partial charge in [0.05, 0.1) is 6.54 Å². The van der Waals surface area contributed by atoms with Crippen LogP contribution in [-0.4, -0.2) is 46.1 Å². The van der Waals surface area contributed by atoms with Crippen molar-refractivity contribution in [2.75, 3.05) is 13.1 Å². The molecule has 1 saturated carbocycles. The van der Waals surface area contributed by atoms with Gasteiger partial charge in [0.1, 0.15) is 5.54 Å². The van der Waals surface area contributed by atoms with Crippen LogP contribution in [0, 0.1) is 5.92 Å². The van der Waals surface area contributed by atoms with Gasteiger partial charge in [-0.25, -0.2) is 0 Å². The van der Waals surface area contributed by atoms with E-state index in [1.165, 1.54) is 12.8 Å². The number of fused-ring (bicyclic) bond motifs is 2. The van der Waals surface area contributed by atoms with E-state index in [-0.39, 0.29) is 30.7 Å². The molecule has 0 radical (unpaired) electrons. The summed E-state index contributed by atoms with van der Waals surface area (Å²) in [4.78, 5) is 19.9. The molecule has 1 aromatic rings. The Kier molecular flexibility index (Phi) is 9.40. The number of hydrogen-bond donors (Lipinski definition) is 2. The number of nitrogens with one attached hydrogen (secondary N) is 2. The minimum absolute atomic E-state index is 0. The van der Waals surface area contributed by atoms with E-state index in [4.69, 9.17) is 4.52 Å². The highest BCUT2D eigenvalue weighted by Gasteiger charge is 2.42. The van der Waals surface area contributed by atoms with Gasteiger partial charge in [-0.1, -0.05) is 31.8 Å². The summed E-state index contributed by atoms with van der Waals surface area (Å²) in [5.74, 6) is 1.98. The number of carbonyl (C=O) groups is 1. The molecule has 3 heterocycles. The van der Waals surface area contributed by atoms with E-state index in [0.29, 0.717) is 42.7 Å². The zero-order chi connectivity index (χ0) is 19.6. The molecule has 30 heavy (non-hydrogen) atoms. The molecule has 172 valence electrons. The monoisotopic (exact) mass is 461 g/mol. The average molecular weight is 462 g/mol. The van der Waals surface area contributed by atoms with Crippen molar-refractivity contribution in [1.82, 2.24) is 25.7 Å². The van der Waals surface area contributed by atoms with Crippen molar-refractivity contribution in [2.24, 2.45) is 5.92 Å². The van der Waals surface area contributed by atoms with Gasteiger partial charge in [0.2, 0.25) is 11.8 Å². The molecule has 9 heteroatoms. The first-order valence-electron chi connectivity index (χ1n) is 11.2. The van der Waals surface area contributed by atoms with Gasteiger partial charge in [-0.3, -0.25) is 9.69 Å². The van der Waals surface area contributed by atoms with Gasteiger partial charge >= 0.3 is 0 Å². The van der Waals surface area contributed by atoms with E-state index in [9.17, 15) is 4.79 Å². The Morgan fingerprint density at radius 3 is 2.40 bits per heavy atom. The van der Waals surface area contributed by atoms with Gasteiger partial charge in [0.15, 0.2) is 5.82 Å². The Hall–Kier alpha value is -0.890. The lowest BCUT2D eigenvalue weighted by Crippen LogP contribution is -2.46. The number of hydrogen-bond acceptors (Lipinski definition) is 6. The zero-order valence-corrected chi connectivity index (χ0v) is 19.8. The molecule has 1 aromatic heterocycles. The van der Waals surface area contributed by atoms with Crippen LogP contribution in [0.1, 0.15) is 83.3 Å². The number of nitrogens with zero attached hydrogens (tertiary/aromatic N) is 3. The van der Waals surface area contributed by atoms with E-state index in [1.807, 2.05) is 0 Å². The summed E-state index contributed by atoms with van der Waals surface area (Å²) in [6.45, 7) is 6.84. The van der Waals surface area contributed by atoms with Crippen molar-refractivity contribution < 1.29 is 9.32 Å². The van der Waals surface area contributed by atoms with Crippen molar-refractivity contribution >= 4 is 30.7 Å². The molecule has 4 rings (SSSR count). The fourth-order valence-corrected chi connectivity index (χ4v) is 5.46. The normalized spacial score (nSPS) is 26.8. The lowest BCUT2D eigenvalue weighted by molar-refractivity contribution is -0.124. The molecule has 0 aromatic carbocycles. The number of rotatable bonds is 8. The second kappa shape index (κ2) is 11.1. The summed E-state index contributed by atoms with van der Waals surface area (Å²) in [5, 5.41) is 11.3. The maximum atomic E-state index is 12.9. The Labute approximate surface area is 192 Å². The smallest absolute Gasteiger partial charge is 0.240 e. The largest absolute Gasteiger partial charge is 0.343 e.